The van der Waals surface area contributed by atoms with Crippen molar-refractivity contribution in [3.05, 3.63) is 52.8 Å². The molecule has 1 N–H and O–H groups in total. The first-order valence-corrected chi connectivity index (χ1v) is 5.78. The maximum atomic E-state index is 12.4. The van der Waals surface area contributed by atoms with E-state index in [1.807, 2.05) is 6.07 Å². The Hall–Kier alpha value is -2.26. The molecule has 0 aliphatic heterocycles. The molecule has 1 heterocycles. The van der Waals surface area contributed by atoms with Gasteiger partial charge >= 0.3 is 6.18 Å². The Balaban J connectivity index is 2.28. The quantitative estimate of drug-likeness (QED) is 0.895. The van der Waals surface area contributed by atoms with Gasteiger partial charge in [-0.1, -0.05) is 17.7 Å². The molecule has 0 fully saturated rings. The van der Waals surface area contributed by atoms with E-state index in [9.17, 15) is 13.2 Å². The normalized spacial score (nSPS) is 10.9. The van der Waals surface area contributed by atoms with E-state index >= 15 is 0 Å². The van der Waals surface area contributed by atoms with Gasteiger partial charge < -0.3 is 5.32 Å². The van der Waals surface area contributed by atoms with Crippen LogP contribution in [0, 0.1) is 11.3 Å². The summed E-state index contributed by atoms with van der Waals surface area (Å²) in [6.45, 7) is 0. The molecular formula is C13H7ClF3N3. The lowest BCUT2D eigenvalue weighted by atomic mass is 10.2. The highest BCUT2D eigenvalue weighted by Gasteiger charge is 2.32. The fraction of sp³-hybridized carbons (Fsp3) is 0.0769. The average molecular weight is 298 g/mol. The summed E-state index contributed by atoms with van der Waals surface area (Å²) in [7, 11) is 0. The maximum absolute atomic E-state index is 12.4. The van der Waals surface area contributed by atoms with Gasteiger partial charge in [0.1, 0.15) is 11.8 Å². The molecule has 20 heavy (non-hydrogen) atoms. The largest absolute Gasteiger partial charge is 0.433 e. The number of nitrogens with zero attached hydrogens (tertiary/aromatic N) is 2. The van der Waals surface area contributed by atoms with Crippen LogP contribution in [0.25, 0.3) is 0 Å². The first-order valence-electron chi connectivity index (χ1n) is 5.40. The standard InChI is InChI=1S/C13H7ClF3N3/c14-10-2-1-3-11(9(10)6-18)20-8-4-5-12(19-7-8)13(15,16)17/h1-5,7,20H. The molecule has 2 rings (SSSR count). The molecule has 0 saturated carbocycles. The molecule has 7 heteroatoms. The highest BCUT2D eigenvalue weighted by atomic mass is 35.5. The highest BCUT2D eigenvalue weighted by molar-refractivity contribution is 6.32. The molecule has 0 aliphatic rings. The number of hydrogen-bond acceptors (Lipinski definition) is 3. The number of rotatable bonds is 2. The van der Waals surface area contributed by atoms with E-state index in [0.29, 0.717) is 11.4 Å². The summed E-state index contributed by atoms with van der Waals surface area (Å²) in [5.41, 5.74) is -0.0259. The molecule has 102 valence electrons. The second-order valence-corrected chi connectivity index (χ2v) is 4.24. The Morgan fingerprint density at radius 3 is 2.50 bits per heavy atom. The maximum Gasteiger partial charge on any atom is 0.433 e. The van der Waals surface area contributed by atoms with Crippen molar-refractivity contribution in [2.45, 2.75) is 6.18 Å². The van der Waals surface area contributed by atoms with Crippen LogP contribution in [-0.2, 0) is 6.18 Å². The van der Waals surface area contributed by atoms with Crippen molar-refractivity contribution in [3.8, 4) is 6.07 Å². The van der Waals surface area contributed by atoms with Crippen molar-refractivity contribution < 1.29 is 13.2 Å². The Kier molecular flexibility index (Phi) is 3.81. The number of hydrogen-bond donors (Lipinski definition) is 1. The molecule has 0 spiro atoms. The SMILES string of the molecule is N#Cc1c(Cl)cccc1Nc1ccc(C(F)(F)F)nc1. The Morgan fingerprint density at radius 2 is 1.95 bits per heavy atom. The molecule has 1 aromatic carbocycles. The molecule has 2 aromatic rings. The monoisotopic (exact) mass is 297 g/mol. The van der Waals surface area contributed by atoms with E-state index in [2.05, 4.69) is 10.3 Å². The smallest absolute Gasteiger partial charge is 0.353 e. The zero-order valence-electron chi connectivity index (χ0n) is 9.87. The van der Waals surface area contributed by atoms with E-state index in [4.69, 9.17) is 16.9 Å². The van der Waals surface area contributed by atoms with E-state index in [0.717, 1.165) is 12.3 Å². The number of nitriles is 1. The molecule has 0 atom stereocenters. The van der Waals surface area contributed by atoms with Gasteiger partial charge in [0.25, 0.3) is 0 Å². The molecule has 0 unspecified atom stereocenters. The zero-order valence-corrected chi connectivity index (χ0v) is 10.6. The van der Waals surface area contributed by atoms with E-state index < -0.39 is 11.9 Å². The van der Waals surface area contributed by atoms with Gasteiger partial charge in [-0.05, 0) is 24.3 Å². The van der Waals surface area contributed by atoms with Crippen LogP contribution in [0.2, 0.25) is 5.02 Å². The highest BCUT2D eigenvalue weighted by Crippen LogP contribution is 2.29. The van der Waals surface area contributed by atoms with Gasteiger partial charge in [-0.3, -0.25) is 0 Å². The van der Waals surface area contributed by atoms with Crippen molar-refractivity contribution in [1.82, 2.24) is 4.98 Å². The number of aromatic nitrogens is 1. The fourth-order valence-corrected chi connectivity index (χ4v) is 1.75. The number of halogens is 4. The van der Waals surface area contributed by atoms with Crippen LogP contribution in [0.3, 0.4) is 0 Å². The minimum atomic E-state index is -4.48. The minimum Gasteiger partial charge on any atom is -0.353 e. The van der Waals surface area contributed by atoms with Crippen LogP contribution in [0.4, 0.5) is 24.5 Å². The third-order valence-corrected chi connectivity index (χ3v) is 2.77. The van der Waals surface area contributed by atoms with E-state index in [-0.39, 0.29) is 10.6 Å². The van der Waals surface area contributed by atoms with Crippen LogP contribution in [0.1, 0.15) is 11.3 Å². The van der Waals surface area contributed by atoms with Crippen LogP contribution in [0.5, 0.6) is 0 Å². The molecule has 0 amide bonds. The summed E-state index contributed by atoms with van der Waals surface area (Å²) in [5.74, 6) is 0. The lowest BCUT2D eigenvalue weighted by Crippen LogP contribution is -2.07. The lowest BCUT2D eigenvalue weighted by Gasteiger charge is -2.10. The molecule has 3 nitrogen and oxygen atoms in total. The van der Waals surface area contributed by atoms with Crippen LogP contribution in [0.15, 0.2) is 36.5 Å². The molecule has 0 radical (unpaired) electrons. The van der Waals surface area contributed by atoms with Gasteiger partial charge in [-0.15, -0.1) is 0 Å². The van der Waals surface area contributed by atoms with Gasteiger partial charge in [0.2, 0.25) is 0 Å². The van der Waals surface area contributed by atoms with Crippen molar-refractivity contribution in [2.24, 2.45) is 0 Å². The van der Waals surface area contributed by atoms with E-state index in [1.54, 1.807) is 18.2 Å². The Morgan fingerprint density at radius 1 is 1.20 bits per heavy atom. The van der Waals surface area contributed by atoms with Gasteiger partial charge in [0.15, 0.2) is 0 Å². The summed E-state index contributed by atoms with van der Waals surface area (Å²) >= 11 is 5.85. The van der Waals surface area contributed by atoms with Gasteiger partial charge in [-0.2, -0.15) is 18.4 Å². The predicted octanol–water partition coefficient (Wildman–Crippen LogP) is 4.37. The second kappa shape index (κ2) is 5.39. The Labute approximate surface area is 117 Å². The number of pyridine rings is 1. The topological polar surface area (TPSA) is 48.7 Å². The third-order valence-electron chi connectivity index (χ3n) is 2.46. The zero-order chi connectivity index (χ0) is 14.8. The van der Waals surface area contributed by atoms with Gasteiger partial charge in [0, 0.05) is 0 Å². The van der Waals surface area contributed by atoms with Crippen molar-refractivity contribution in [2.75, 3.05) is 5.32 Å². The van der Waals surface area contributed by atoms with Gasteiger partial charge in [0.05, 0.1) is 28.2 Å². The van der Waals surface area contributed by atoms with Crippen molar-refractivity contribution in [1.29, 1.82) is 5.26 Å². The summed E-state index contributed by atoms with van der Waals surface area (Å²) in [4.78, 5) is 3.32. The number of anilines is 2. The number of nitrogens with one attached hydrogen (secondary N) is 1. The lowest BCUT2D eigenvalue weighted by molar-refractivity contribution is -0.141. The van der Waals surface area contributed by atoms with Crippen LogP contribution in [-0.4, -0.2) is 4.98 Å². The molecular weight excluding hydrogens is 291 g/mol. The second-order valence-electron chi connectivity index (χ2n) is 3.83. The van der Waals surface area contributed by atoms with Crippen molar-refractivity contribution >= 4 is 23.0 Å². The Bertz CT molecular complexity index is 660. The number of benzene rings is 1. The fourth-order valence-electron chi connectivity index (χ4n) is 1.53. The summed E-state index contributed by atoms with van der Waals surface area (Å²) in [5, 5.41) is 12.1. The first-order chi connectivity index (χ1) is 9.41. The van der Waals surface area contributed by atoms with Gasteiger partial charge in [-0.25, -0.2) is 4.98 Å². The van der Waals surface area contributed by atoms with E-state index in [1.165, 1.54) is 6.07 Å². The average Bonchev–Trinajstić information content (AvgIpc) is 2.38. The van der Waals surface area contributed by atoms with Crippen LogP contribution >= 0.6 is 11.6 Å². The van der Waals surface area contributed by atoms with Crippen molar-refractivity contribution in [3.63, 3.8) is 0 Å². The molecule has 1 aromatic heterocycles. The van der Waals surface area contributed by atoms with Crippen LogP contribution < -0.4 is 5.32 Å². The summed E-state index contributed by atoms with van der Waals surface area (Å²) in [6.07, 6.45) is -3.43. The summed E-state index contributed by atoms with van der Waals surface area (Å²) < 4.78 is 37.1. The molecule has 0 aliphatic carbocycles. The molecule has 0 bridgehead atoms. The summed E-state index contributed by atoms with van der Waals surface area (Å²) in [6, 6.07) is 8.80. The molecule has 0 saturated heterocycles. The minimum absolute atomic E-state index is 0.217. The number of alkyl halides is 3. The third kappa shape index (κ3) is 3.00. The predicted molar refractivity (Wildman–Crippen MR) is 68.7 cm³/mol. The first kappa shape index (κ1) is 14.2.